The molecule has 0 atom stereocenters. The van der Waals surface area contributed by atoms with E-state index in [1.165, 1.54) is 16.2 Å². The van der Waals surface area contributed by atoms with Gasteiger partial charge in [0, 0.05) is 42.8 Å². The third-order valence-corrected chi connectivity index (χ3v) is 7.70. The van der Waals surface area contributed by atoms with Crippen molar-refractivity contribution in [2.75, 3.05) is 26.2 Å². The molecule has 0 spiro atoms. The molecule has 36 heavy (non-hydrogen) atoms. The Balaban J connectivity index is 1.39. The Hall–Kier alpha value is -2.37. The van der Waals surface area contributed by atoms with Gasteiger partial charge in [0.25, 0.3) is 5.91 Å². The van der Waals surface area contributed by atoms with Gasteiger partial charge in [0.05, 0.1) is 10.6 Å². The maximum Gasteiger partial charge on any atom is 0.433 e. The van der Waals surface area contributed by atoms with Gasteiger partial charge in [-0.25, -0.2) is 9.50 Å². The summed E-state index contributed by atoms with van der Waals surface area (Å²) in [6.45, 7) is 2.38. The highest BCUT2D eigenvalue weighted by molar-refractivity contribution is 7.13. The molecule has 0 aliphatic carbocycles. The molecular formula is C23H17Cl3F3N5OS. The van der Waals surface area contributed by atoms with Crippen molar-refractivity contribution in [3.05, 3.63) is 73.8 Å². The van der Waals surface area contributed by atoms with Gasteiger partial charge in [0.1, 0.15) is 5.02 Å². The molecule has 0 bridgehead atoms. The Morgan fingerprint density at radius 2 is 1.81 bits per heavy atom. The molecular weight excluding hydrogens is 558 g/mol. The second-order valence-corrected chi connectivity index (χ2v) is 10.4. The molecule has 1 aliphatic rings. The number of halogens is 6. The first kappa shape index (κ1) is 25.3. The van der Waals surface area contributed by atoms with E-state index in [0.717, 1.165) is 11.6 Å². The number of fused-ring (bicyclic) bond motifs is 1. The van der Waals surface area contributed by atoms with E-state index in [9.17, 15) is 18.0 Å². The average Bonchev–Trinajstić information content (AvgIpc) is 3.48. The number of aromatic nitrogens is 3. The predicted molar refractivity (Wildman–Crippen MR) is 134 cm³/mol. The Morgan fingerprint density at radius 3 is 2.44 bits per heavy atom. The molecule has 0 unspecified atom stereocenters. The Kier molecular flexibility index (Phi) is 6.90. The van der Waals surface area contributed by atoms with E-state index in [2.05, 4.69) is 15.0 Å². The van der Waals surface area contributed by atoms with E-state index >= 15 is 0 Å². The molecule has 5 rings (SSSR count). The number of carbonyl (C=O) groups is 1. The summed E-state index contributed by atoms with van der Waals surface area (Å²) in [5, 5.41) is 6.60. The van der Waals surface area contributed by atoms with Crippen LogP contribution in [0.2, 0.25) is 15.1 Å². The number of piperazine rings is 1. The standard InChI is InChI=1S/C23H17Cl3F3N5OS/c24-14-4-3-13(15(25)10-14)12-32-5-7-33(8-6-32)22(35)20-19(26)21-30-16(17-2-1-9-36-17)11-18(23(27,28)29)34(21)31-20/h1-4,9-11H,5-8,12H2. The smallest absolute Gasteiger partial charge is 0.335 e. The first-order valence-electron chi connectivity index (χ1n) is 10.8. The van der Waals surface area contributed by atoms with Crippen molar-refractivity contribution in [2.45, 2.75) is 12.7 Å². The molecule has 0 N–H and O–H groups in total. The zero-order valence-electron chi connectivity index (χ0n) is 18.4. The zero-order valence-corrected chi connectivity index (χ0v) is 21.5. The van der Waals surface area contributed by atoms with Crippen LogP contribution in [0.15, 0.2) is 41.8 Å². The largest absolute Gasteiger partial charge is 0.433 e. The summed E-state index contributed by atoms with van der Waals surface area (Å²) in [6, 6.07) is 9.59. The van der Waals surface area contributed by atoms with Gasteiger partial charge in [0.15, 0.2) is 17.0 Å². The summed E-state index contributed by atoms with van der Waals surface area (Å²) in [5.74, 6) is -0.541. The van der Waals surface area contributed by atoms with Gasteiger partial charge in [-0.15, -0.1) is 11.3 Å². The molecule has 1 amide bonds. The lowest BCUT2D eigenvalue weighted by Gasteiger charge is -2.34. The lowest BCUT2D eigenvalue weighted by molar-refractivity contribution is -0.142. The minimum atomic E-state index is -4.72. The fourth-order valence-electron chi connectivity index (χ4n) is 4.03. The van der Waals surface area contributed by atoms with Gasteiger partial charge in [-0.2, -0.15) is 18.3 Å². The SMILES string of the molecule is O=C(c1nn2c(C(F)(F)F)cc(-c3cccs3)nc2c1Cl)N1CCN(Cc2ccc(Cl)cc2Cl)CC1. The van der Waals surface area contributed by atoms with E-state index < -0.39 is 17.8 Å². The summed E-state index contributed by atoms with van der Waals surface area (Å²) in [7, 11) is 0. The molecule has 1 fully saturated rings. The molecule has 13 heteroatoms. The summed E-state index contributed by atoms with van der Waals surface area (Å²) in [4.78, 5) is 21.7. The molecule has 0 radical (unpaired) electrons. The number of thiophene rings is 1. The Labute approximate surface area is 222 Å². The summed E-state index contributed by atoms with van der Waals surface area (Å²) in [6.07, 6.45) is -4.72. The molecule has 1 aliphatic heterocycles. The lowest BCUT2D eigenvalue weighted by Crippen LogP contribution is -2.48. The van der Waals surface area contributed by atoms with Crippen LogP contribution < -0.4 is 0 Å². The highest BCUT2D eigenvalue weighted by atomic mass is 35.5. The van der Waals surface area contributed by atoms with Gasteiger partial charge in [-0.05, 0) is 35.2 Å². The predicted octanol–water partition coefficient (Wildman–Crippen LogP) is 6.39. The maximum absolute atomic E-state index is 13.9. The molecule has 0 saturated carbocycles. The van der Waals surface area contributed by atoms with Crippen LogP contribution in [-0.2, 0) is 12.7 Å². The summed E-state index contributed by atoms with van der Waals surface area (Å²) in [5.41, 5.74) is -0.500. The molecule has 6 nitrogen and oxygen atoms in total. The zero-order chi connectivity index (χ0) is 25.6. The molecule has 3 aromatic heterocycles. The van der Waals surface area contributed by atoms with E-state index in [0.29, 0.717) is 52.2 Å². The van der Waals surface area contributed by atoms with Crippen molar-refractivity contribution in [3.8, 4) is 10.6 Å². The van der Waals surface area contributed by atoms with Crippen LogP contribution in [-0.4, -0.2) is 56.5 Å². The molecule has 4 aromatic rings. The van der Waals surface area contributed by atoms with E-state index in [-0.39, 0.29) is 22.1 Å². The monoisotopic (exact) mass is 573 g/mol. The van der Waals surface area contributed by atoms with Crippen LogP contribution in [0.4, 0.5) is 13.2 Å². The average molecular weight is 575 g/mol. The van der Waals surface area contributed by atoms with Crippen molar-refractivity contribution >= 4 is 57.7 Å². The first-order valence-corrected chi connectivity index (χ1v) is 12.8. The van der Waals surface area contributed by atoms with Crippen LogP contribution in [0.1, 0.15) is 21.7 Å². The van der Waals surface area contributed by atoms with Crippen molar-refractivity contribution in [1.29, 1.82) is 0 Å². The second-order valence-electron chi connectivity index (χ2n) is 8.20. The number of alkyl halides is 3. The maximum atomic E-state index is 13.9. The summed E-state index contributed by atoms with van der Waals surface area (Å²) >= 11 is 19.9. The number of rotatable bonds is 4. The Bertz CT molecular complexity index is 1430. The van der Waals surface area contributed by atoms with Crippen LogP contribution >= 0.6 is 46.1 Å². The molecule has 188 valence electrons. The minimum absolute atomic E-state index is 0.111. The van der Waals surface area contributed by atoms with Gasteiger partial charge in [-0.3, -0.25) is 9.69 Å². The number of amides is 1. The summed E-state index contributed by atoms with van der Waals surface area (Å²) < 4.78 is 42.2. The third kappa shape index (κ3) is 4.92. The Morgan fingerprint density at radius 1 is 1.06 bits per heavy atom. The normalized spacial score (nSPS) is 15.1. The second kappa shape index (κ2) is 9.83. The number of carbonyl (C=O) groups excluding carboxylic acids is 1. The van der Waals surface area contributed by atoms with Crippen LogP contribution in [0.5, 0.6) is 0 Å². The number of hydrogen-bond donors (Lipinski definition) is 0. The van der Waals surface area contributed by atoms with Gasteiger partial charge >= 0.3 is 6.18 Å². The van der Waals surface area contributed by atoms with Gasteiger partial charge in [0.2, 0.25) is 0 Å². The number of benzene rings is 1. The van der Waals surface area contributed by atoms with Gasteiger partial charge in [-0.1, -0.05) is 46.9 Å². The van der Waals surface area contributed by atoms with Crippen molar-refractivity contribution < 1.29 is 18.0 Å². The number of hydrogen-bond acceptors (Lipinski definition) is 5. The number of nitrogens with zero attached hydrogens (tertiary/aromatic N) is 5. The molecule has 1 aromatic carbocycles. The first-order chi connectivity index (χ1) is 17.1. The van der Waals surface area contributed by atoms with Crippen LogP contribution in [0.25, 0.3) is 16.2 Å². The van der Waals surface area contributed by atoms with Crippen molar-refractivity contribution in [1.82, 2.24) is 24.4 Å². The highest BCUT2D eigenvalue weighted by Crippen LogP contribution is 2.36. The fraction of sp³-hybridized carbons (Fsp3) is 0.261. The van der Waals surface area contributed by atoms with Crippen molar-refractivity contribution in [3.63, 3.8) is 0 Å². The van der Waals surface area contributed by atoms with Crippen LogP contribution in [0.3, 0.4) is 0 Å². The van der Waals surface area contributed by atoms with Crippen LogP contribution in [0, 0.1) is 0 Å². The minimum Gasteiger partial charge on any atom is -0.335 e. The molecule has 1 saturated heterocycles. The van der Waals surface area contributed by atoms with E-state index in [1.807, 2.05) is 6.07 Å². The topological polar surface area (TPSA) is 53.7 Å². The van der Waals surface area contributed by atoms with E-state index in [4.69, 9.17) is 34.8 Å². The molecule has 4 heterocycles. The van der Waals surface area contributed by atoms with E-state index in [1.54, 1.807) is 29.6 Å². The third-order valence-electron chi connectivity index (χ3n) is 5.87. The fourth-order valence-corrected chi connectivity index (χ4v) is 5.43. The quantitative estimate of drug-likeness (QED) is 0.283. The van der Waals surface area contributed by atoms with Gasteiger partial charge < -0.3 is 4.90 Å². The lowest BCUT2D eigenvalue weighted by atomic mass is 10.2. The van der Waals surface area contributed by atoms with Crippen molar-refractivity contribution in [2.24, 2.45) is 0 Å². The highest BCUT2D eigenvalue weighted by Gasteiger charge is 2.37.